The Kier molecular flexibility index (Phi) is 3.94. The van der Waals surface area contributed by atoms with Crippen molar-refractivity contribution in [2.24, 2.45) is 11.3 Å². The molecule has 1 saturated heterocycles. The number of piperidine rings is 1. The van der Waals surface area contributed by atoms with Gasteiger partial charge < -0.3 is 9.64 Å². The Morgan fingerprint density at radius 1 is 1.25 bits per heavy atom. The number of hydrogen-bond acceptors (Lipinski definition) is 3. The van der Waals surface area contributed by atoms with Crippen LogP contribution in [-0.4, -0.2) is 37.0 Å². The summed E-state index contributed by atoms with van der Waals surface area (Å²) in [6.07, 6.45) is 2.03. The molecule has 1 aliphatic rings. The zero-order valence-electron chi connectivity index (χ0n) is 10.6. The first kappa shape index (κ1) is 13.0. The van der Waals surface area contributed by atoms with E-state index in [1.807, 2.05) is 0 Å². The van der Waals surface area contributed by atoms with Crippen molar-refractivity contribution < 1.29 is 14.3 Å². The lowest BCUT2D eigenvalue weighted by Crippen LogP contribution is -2.48. The zero-order chi connectivity index (χ0) is 12.3. The molecule has 0 saturated carbocycles. The topological polar surface area (TPSA) is 46.6 Å². The van der Waals surface area contributed by atoms with Crippen molar-refractivity contribution in [1.29, 1.82) is 0 Å². The number of esters is 1. The monoisotopic (exact) mass is 227 g/mol. The van der Waals surface area contributed by atoms with Gasteiger partial charge in [-0.15, -0.1) is 0 Å². The first-order valence-electron chi connectivity index (χ1n) is 5.77. The standard InChI is InChI=1S/C12H21NO3/c1-9-5-7-13(8-6-9)10(14)12(2,3)11(15)16-4/h9H,5-8H2,1-4H3. The maximum Gasteiger partial charge on any atom is 0.320 e. The van der Waals surface area contributed by atoms with Crippen LogP contribution in [0.1, 0.15) is 33.6 Å². The van der Waals surface area contributed by atoms with Gasteiger partial charge in [-0.1, -0.05) is 6.92 Å². The molecule has 1 fully saturated rings. The number of carbonyl (C=O) groups is 2. The van der Waals surface area contributed by atoms with Crippen LogP contribution in [0.4, 0.5) is 0 Å². The van der Waals surface area contributed by atoms with Gasteiger partial charge in [0.25, 0.3) is 0 Å². The maximum absolute atomic E-state index is 12.2. The second kappa shape index (κ2) is 4.85. The fraction of sp³-hybridized carbons (Fsp3) is 0.833. The van der Waals surface area contributed by atoms with Crippen LogP contribution >= 0.6 is 0 Å². The van der Waals surface area contributed by atoms with Crippen molar-refractivity contribution in [2.75, 3.05) is 20.2 Å². The first-order valence-corrected chi connectivity index (χ1v) is 5.77. The molecule has 0 N–H and O–H groups in total. The molecule has 1 aliphatic heterocycles. The molecular formula is C12H21NO3. The Balaban J connectivity index is 2.67. The van der Waals surface area contributed by atoms with Crippen molar-refractivity contribution in [1.82, 2.24) is 4.90 Å². The highest BCUT2D eigenvalue weighted by Gasteiger charge is 2.40. The van der Waals surface area contributed by atoms with Crippen molar-refractivity contribution in [3.8, 4) is 0 Å². The van der Waals surface area contributed by atoms with Gasteiger partial charge in [0, 0.05) is 13.1 Å². The molecule has 4 nitrogen and oxygen atoms in total. The molecule has 16 heavy (non-hydrogen) atoms. The summed E-state index contributed by atoms with van der Waals surface area (Å²) in [7, 11) is 1.32. The van der Waals surface area contributed by atoms with Gasteiger partial charge in [0.15, 0.2) is 0 Å². The van der Waals surface area contributed by atoms with Crippen LogP contribution in [0.2, 0.25) is 0 Å². The summed E-state index contributed by atoms with van der Waals surface area (Å²) in [4.78, 5) is 25.4. The number of likely N-dealkylation sites (tertiary alicyclic amines) is 1. The lowest BCUT2D eigenvalue weighted by molar-refractivity contribution is -0.161. The van der Waals surface area contributed by atoms with Crippen molar-refractivity contribution in [3.05, 3.63) is 0 Å². The summed E-state index contributed by atoms with van der Waals surface area (Å²) in [6.45, 7) is 6.94. The fourth-order valence-electron chi connectivity index (χ4n) is 1.95. The predicted molar refractivity (Wildman–Crippen MR) is 60.8 cm³/mol. The molecule has 0 aromatic carbocycles. The molecule has 4 heteroatoms. The van der Waals surface area contributed by atoms with Crippen molar-refractivity contribution in [2.45, 2.75) is 33.6 Å². The molecule has 1 rings (SSSR count). The van der Waals surface area contributed by atoms with E-state index in [1.165, 1.54) is 7.11 Å². The minimum atomic E-state index is -1.06. The lowest BCUT2D eigenvalue weighted by atomic mass is 9.89. The Morgan fingerprint density at radius 2 is 1.75 bits per heavy atom. The quantitative estimate of drug-likeness (QED) is 0.530. The zero-order valence-corrected chi connectivity index (χ0v) is 10.6. The number of ether oxygens (including phenoxy) is 1. The highest BCUT2D eigenvalue weighted by atomic mass is 16.5. The smallest absolute Gasteiger partial charge is 0.320 e. The molecule has 0 aliphatic carbocycles. The maximum atomic E-state index is 12.2. The minimum Gasteiger partial charge on any atom is -0.468 e. The van der Waals surface area contributed by atoms with Gasteiger partial charge in [0.1, 0.15) is 5.41 Å². The molecule has 0 atom stereocenters. The first-order chi connectivity index (χ1) is 7.39. The van der Waals surface area contributed by atoms with Crippen molar-refractivity contribution in [3.63, 3.8) is 0 Å². The van der Waals surface area contributed by atoms with Crippen LogP contribution in [0.3, 0.4) is 0 Å². The summed E-state index contributed by atoms with van der Waals surface area (Å²) in [5, 5.41) is 0. The highest BCUT2D eigenvalue weighted by Crippen LogP contribution is 2.24. The predicted octanol–water partition coefficient (Wildman–Crippen LogP) is 1.44. The number of carbonyl (C=O) groups excluding carboxylic acids is 2. The molecule has 1 amide bonds. The second-order valence-electron chi connectivity index (χ2n) is 5.09. The summed E-state index contributed by atoms with van der Waals surface area (Å²) in [5.74, 6) is 0.0904. The molecule has 1 heterocycles. The molecule has 0 spiro atoms. The van der Waals surface area contributed by atoms with Gasteiger partial charge in [-0.3, -0.25) is 9.59 Å². The minimum absolute atomic E-state index is 0.119. The van der Waals surface area contributed by atoms with Gasteiger partial charge in [-0.2, -0.15) is 0 Å². The van der Waals surface area contributed by atoms with Crippen LogP contribution in [0.25, 0.3) is 0 Å². The summed E-state index contributed by atoms with van der Waals surface area (Å²) in [6, 6.07) is 0. The van der Waals surface area contributed by atoms with Crippen LogP contribution in [0.15, 0.2) is 0 Å². The fourth-order valence-corrected chi connectivity index (χ4v) is 1.95. The second-order valence-corrected chi connectivity index (χ2v) is 5.09. The van der Waals surface area contributed by atoms with E-state index in [1.54, 1.807) is 18.7 Å². The largest absolute Gasteiger partial charge is 0.468 e. The number of rotatable bonds is 2. The van der Waals surface area contributed by atoms with E-state index in [0.29, 0.717) is 5.92 Å². The Bertz CT molecular complexity index is 278. The number of methoxy groups -OCH3 is 1. The highest BCUT2D eigenvalue weighted by molar-refractivity contribution is 6.01. The van der Waals surface area contributed by atoms with Gasteiger partial charge >= 0.3 is 5.97 Å². The molecule has 0 aromatic rings. The molecule has 0 radical (unpaired) electrons. The third-order valence-corrected chi connectivity index (χ3v) is 3.30. The summed E-state index contributed by atoms with van der Waals surface area (Å²) >= 11 is 0. The van der Waals surface area contributed by atoms with E-state index in [-0.39, 0.29) is 5.91 Å². The average Bonchev–Trinajstić information content (AvgIpc) is 2.28. The summed E-state index contributed by atoms with van der Waals surface area (Å²) < 4.78 is 4.66. The van der Waals surface area contributed by atoms with E-state index >= 15 is 0 Å². The third kappa shape index (κ3) is 2.54. The van der Waals surface area contributed by atoms with E-state index in [2.05, 4.69) is 11.7 Å². The molecule has 0 unspecified atom stereocenters. The van der Waals surface area contributed by atoms with E-state index < -0.39 is 11.4 Å². The lowest BCUT2D eigenvalue weighted by Gasteiger charge is -2.34. The number of hydrogen-bond donors (Lipinski definition) is 0. The molecular weight excluding hydrogens is 206 g/mol. The van der Waals surface area contributed by atoms with Crippen molar-refractivity contribution >= 4 is 11.9 Å². The van der Waals surface area contributed by atoms with E-state index in [0.717, 1.165) is 25.9 Å². The average molecular weight is 227 g/mol. The van der Waals surface area contributed by atoms with Crippen LogP contribution in [0.5, 0.6) is 0 Å². The Hall–Kier alpha value is -1.06. The third-order valence-electron chi connectivity index (χ3n) is 3.30. The molecule has 92 valence electrons. The summed E-state index contributed by atoms with van der Waals surface area (Å²) in [5.41, 5.74) is -1.06. The number of amides is 1. The van der Waals surface area contributed by atoms with Gasteiger partial charge in [-0.25, -0.2) is 0 Å². The normalized spacial score (nSPS) is 18.4. The van der Waals surface area contributed by atoms with Crippen LogP contribution in [-0.2, 0) is 14.3 Å². The Morgan fingerprint density at radius 3 is 2.19 bits per heavy atom. The molecule has 0 bridgehead atoms. The van der Waals surface area contributed by atoms with Gasteiger partial charge in [-0.05, 0) is 32.6 Å². The van der Waals surface area contributed by atoms with Crippen LogP contribution < -0.4 is 0 Å². The number of nitrogens with zero attached hydrogens (tertiary/aromatic N) is 1. The van der Waals surface area contributed by atoms with E-state index in [4.69, 9.17) is 0 Å². The molecule has 0 aromatic heterocycles. The SMILES string of the molecule is COC(=O)C(C)(C)C(=O)N1CCC(C)CC1. The van der Waals surface area contributed by atoms with E-state index in [9.17, 15) is 9.59 Å². The van der Waals surface area contributed by atoms with Gasteiger partial charge in [0.2, 0.25) is 5.91 Å². The van der Waals surface area contributed by atoms with Gasteiger partial charge in [0.05, 0.1) is 7.11 Å². The Labute approximate surface area is 96.9 Å². The van der Waals surface area contributed by atoms with Crippen LogP contribution in [0, 0.1) is 11.3 Å².